The number of anilines is 1. The smallest absolute Gasteiger partial charge is 0.0983 e. The molecular formula is C10H15NO2S. The number of likely N-dealkylation sites (N-methyl/N-ethyl adjacent to an activating group) is 1. The highest BCUT2D eigenvalue weighted by molar-refractivity contribution is 7.08. The standard InChI is InChI=1S/C10H15NO2S/c1-11(9-2-5-14-8-9)6-10-7-12-3-4-13-10/h2,5,8,10H,3-4,6-7H2,1H3. The highest BCUT2D eigenvalue weighted by Gasteiger charge is 2.16. The molecule has 2 rings (SSSR count). The molecule has 1 saturated heterocycles. The molecule has 1 aliphatic heterocycles. The van der Waals surface area contributed by atoms with Crippen LogP contribution < -0.4 is 4.90 Å². The minimum Gasteiger partial charge on any atom is -0.376 e. The first-order chi connectivity index (χ1) is 6.86. The summed E-state index contributed by atoms with van der Waals surface area (Å²) in [5.41, 5.74) is 1.25. The van der Waals surface area contributed by atoms with Crippen LogP contribution in [0.3, 0.4) is 0 Å². The largest absolute Gasteiger partial charge is 0.376 e. The summed E-state index contributed by atoms with van der Waals surface area (Å²) in [7, 11) is 2.08. The van der Waals surface area contributed by atoms with Crippen molar-refractivity contribution < 1.29 is 9.47 Å². The fourth-order valence-electron chi connectivity index (χ4n) is 1.53. The van der Waals surface area contributed by atoms with Gasteiger partial charge in [0.15, 0.2) is 0 Å². The second kappa shape index (κ2) is 4.77. The molecule has 14 heavy (non-hydrogen) atoms. The van der Waals surface area contributed by atoms with Crippen molar-refractivity contribution in [3.8, 4) is 0 Å². The monoisotopic (exact) mass is 213 g/mol. The third-order valence-electron chi connectivity index (χ3n) is 2.31. The number of rotatable bonds is 3. The van der Waals surface area contributed by atoms with Crippen LogP contribution in [0, 0.1) is 0 Å². The van der Waals surface area contributed by atoms with Gasteiger partial charge in [0.1, 0.15) is 0 Å². The van der Waals surface area contributed by atoms with Crippen LogP contribution >= 0.6 is 11.3 Å². The number of hydrogen-bond acceptors (Lipinski definition) is 4. The molecule has 0 spiro atoms. The maximum Gasteiger partial charge on any atom is 0.0983 e. The van der Waals surface area contributed by atoms with Crippen LogP contribution in [0.15, 0.2) is 16.8 Å². The van der Waals surface area contributed by atoms with Gasteiger partial charge in [-0.2, -0.15) is 11.3 Å². The van der Waals surface area contributed by atoms with Crippen molar-refractivity contribution in [1.82, 2.24) is 0 Å². The molecule has 1 unspecified atom stereocenters. The fraction of sp³-hybridized carbons (Fsp3) is 0.600. The van der Waals surface area contributed by atoms with Crippen molar-refractivity contribution in [3.05, 3.63) is 16.8 Å². The van der Waals surface area contributed by atoms with E-state index in [0.717, 1.165) is 19.8 Å². The quantitative estimate of drug-likeness (QED) is 0.761. The first-order valence-electron chi connectivity index (χ1n) is 4.79. The van der Waals surface area contributed by atoms with E-state index in [0.29, 0.717) is 6.61 Å². The molecule has 0 saturated carbocycles. The van der Waals surface area contributed by atoms with Crippen LogP contribution in [0.25, 0.3) is 0 Å². The molecule has 4 heteroatoms. The summed E-state index contributed by atoms with van der Waals surface area (Å²) in [6.07, 6.45) is 0.216. The van der Waals surface area contributed by atoms with Gasteiger partial charge in [-0.25, -0.2) is 0 Å². The van der Waals surface area contributed by atoms with E-state index < -0.39 is 0 Å². The number of ether oxygens (including phenoxy) is 2. The third-order valence-corrected chi connectivity index (χ3v) is 2.98. The molecule has 0 N–H and O–H groups in total. The van der Waals surface area contributed by atoms with Crippen molar-refractivity contribution in [1.29, 1.82) is 0 Å². The highest BCUT2D eigenvalue weighted by atomic mass is 32.1. The average molecular weight is 213 g/mol. The maximum absolute atomic E-state index is 5.58. The van der Waals surface area contributed by atoms with Crippen LogP contribution in [0.1, 0.15) is 0 Å². The summed E-state index contributed by atoms with van der Waals surface area (Å²) in [4.78, 5) is 2.20. The topological polar surface area (TPSA) is 21.7 Å². The maximum atomic E-state index is 5.58. The summed E-state index contributed by atoms with van der Waals surface area (Å²) < 4.78 is 10.9. The molecule has 1 aliphatic rings. The Balaban J connectivity index is 1.84. The SMILES string of the molecule is CN(CC1COCCO1)c1ccsc1. The molecule has 0 aliphatic carbocycles. The van der Waals surface area contributed by atoms with E-state index in [9.17, 15) is 0 Å². The van der Waals surface area contributed by atoms with Crippen LogP contribution in [-0.2, 0) is 9.47 Å². The van der Waals surface area contributed by atoms with Crippen LogP contribution in [0.4, 0.5) is 5.69 Å². The Morgan fingerprint density at radius 1 is 1.57 bits per heavy atom. The third kappa shape index (κ3) is 2.47. The second-order valence-electron chi connectivity index (χ2n) is 3.43. The molecule has 2 heterocycles. The Labute approximate surface area is 88.2 Å². The van der Waals surface area contributed by atoms with E-state index in [2.05, 4.69) is 28.8 Å². The van der Waals surface area contributed by atoms with Gasteiger partial charge in [0, 0.05) is 24.7 Å². The zero-order valence-corrected chi connectivity index (χ0v) is 9.13. The molecule has 3 nitrogen and oxygen atoms in total. The first kappa shape index (κ1) is 9.96. The zero-order valence-electron chi connectivity index (χ0n) is 8.31. The number of nitrogens with zero attached hydrogens (tertiary/aromatic N) is 1. The number of thiophene rings is 1. The van der Waals surface area contributed by atoms with Crippen molar-refractivity contribution >= 4 is 17.0 Å². The lowest BCUT2D eigenvalue weighted by molar-refractivity contribution is -0.0837. The highest BCUT2D eigenvalue weighted by Crippen LogP contribution is 2.17. The Morgan fingerprint density at radius 2 is 2.50 bits per heavy atom. The minimum absolute atomic E-state index is 0.216. The molecule has 0 radical (unpaired) electrons. The van der Waals surface area contributed by atoms with Gasteiger partial charge in [-0.05, 0) is 11.4 Å². The van der Waals surface area contributed by atoms with E-state index in [1.807, 2.05) is 0 Å². The van der Waals surface area contributed by atoms with Gasteiger partial charge < -0.3 is 14.4 Å². The Kier molecular flexibility index (Phi) is 3.39. The molecule has 0 bridgehead atoms. The molecule has 78 valence electrons. The van der Waals surface area contributed by atoms with Gasteiger partial charge in [-0.3, -0.25) is 0 Å². The van der Waals surface area contributed by atoms with Crippen molar-refractivity contribution in [3.63, 3.8) is 0 Å². The molecule has 1 aromatic heterocycles. The van der Waals surface area contributed by atoms with Crippen molar-refractivity contribution in [2.45, 2.75) is 6.10 Å². The van der Waals surface area contributed by atoms with Crippen molar-refractivity contribution in [2.75, 3.05) is 38.3 Å². The summed E-state index contributed by atoms with van der Waals surface area (Å²) in [6, 6.07) is 2.12. The van der Waals surface area contributed by atoms with Gasteiger partial charge in [0.2, 0.25) is 0 Å². The number of hydrogen-bond donors (Lipinski definition) is 0. The zero-order chi connectivity index (χ0) is 9.80. The van der Waals surface area contributed by atoms with E-state index in [1.165, 1.54) is 5.69 Å². The molecule has 1 fully saturated rings. The van der Waals surface area contributed by atoms with Crippen LogP contribution in [-0.4, -0.2) is 39.5 Å². The lowest BCUT2D eigenvalue weighted by Gasteiger charge is -2.28. The molecule has 1 atom stereocenters. The summed E-state index contributed by atoms with van der Waals surface area (Å²) in [5, 5.41) is 4.23. The lowest BCUT2D eigenvalue weighted by Crippen LogP contribution is -2.38. The summed E-state index contributed by atoms with van der Waals surface area (Å²) in [5.74, 6) is 0. The average Bonchev–Trinajstić information content (AvgIpc) is 2.72. The van der Waals surface area contributed by atoms with Gasteiger partial charge in [0.25, 0.3) is 0 Å². The molecular weight excluding hydrogens is 198 g/mol. The van der Waals surface area contributed by atoms with Gasteiger partial charge in [-0.1, -0.05) is 0 Å². The van der Waals surface area contributed by atoms with E-state index >= 15 is 0 Å². The summed E-state index contributed by atoms with van der Waals surface area (Å²) in [6.45, 7) is 3.08. The Hall–Kier alpha value is -0.580. The van der Waals surface area contributed by atoms with Gasteiger partial charge >= 0.3 is 0 Å². The molecule has 0 amide bonds. The van der Waals surface area contributed by atoms with E-state index in [1.54, 1.807) is 11.3 Å². The second-order valence-corrected chi connectivity index (χ2v) is 4.21. The predicted octanol–water partition coefficient (Wildman–Crippen LogP) is 1.60. The van der Waals surface area contributed by atoms with E-state index in [-0.39, 0.29) is 6.10 Å². The van der Waals surface area contributed by atoms with Crippen LogP contribution in [0.5, 0.6) is 0 Å². The van der Waals surface area contributed by atoms with Crippen LogP contribution in [0.2, 0.25) is 0 Å². The Bertz CT molecular complexity index is 257. The first-order valence-corrected chi connectivity index (χ1v) is 5.73. The lowest BCUT2D eigenvalue weighted by atomic mass is 10.3. The predicted molar refractivity (Wildman–Crippen MR) is 58.1 cm³/mol. The van der Waals surface area contributed by atoms with Gasteiger partial charge in [-0.15, -0.1) is 0 Å². The molecule has 1 aromatic rings. The van der Waals surface area contributed by atoms with Gasteiger partial charge in [0.05, 0.1) is 25.9 Å². The minimum atomic E-state index is 0.216. The van der Waals surface area contributed by atoms with E-state index in [4.69, 9.17) is 9.47 Å². The fourth-order valence-corrected chi connectivity index (χ4v) is 2.22. The molecule has 0 aromatic carbocycles. The Morgan fingerprint density at radius 3 is 3.14 bits per heavy atom. The van der Waals surface area contributed by atoms with Crippen molar-refractivity contribution in [2.24, 2.45) is 0 Å². The summed E-state index contributed by atoms with van der Waals surface area (Å²) >= 11 is 1.72. The normalized spacial score (nSPS) is 22.2.